The summed E-state index contributed by atoms with van der Waals surface area (Å²) in [6.45, 7) is 21.4. The molecule has 31 heavy (non-hydrogen) atoms. The molecule has 2 N–H and O–H groups in total. The molecule has 5 nitrogen and oxygen atoms in total. The topological polar surface area (TPSA) is 68.2 Å². The van der Waals surface area contributed by atoms with Gasteiger partial charge in [-0.25, -0.2) is 0 Å². The fourth-order valence-corrected chi connectivity index (χ4v) is 4.49. The molecule has 4 atom stereocenters. The Labute approximate surface area is 194 Å². The molecule has 0 bridgehead atoms. The van der Waals surface area contributed by atoms with Crippen molar-refractivity contribution in [3.63, 3.8) is 0 Å². The molecule has 0 amide bonds. The summed E-state index contributed by atoms with van der Waals surface area (Å²) in [4.78, 5) is 0. The molecule has 0 aliphatic heterocycles. The summed E-state index contributed by atoms with van der Waals surface area (Å²) in [5.74, 6) is 12.4. The van der Waals surface area contributed by atoms with Crippen molar-refractivity contribution in [2.24, 2.45) is 10.8 Å². The Kier molecular flexibility index (Phi) is 14.2. The van der Waals surface area contributed by atoms with E-state index in [1.807, 2.05) is 0 Å². The highest BCUT2D eigenvalue weighted by molar-refractivity contribution is 6.48. The van der Waals surface area contributed by atoms with E-state index in [4.69, 9.17) is 13.6 Å². The third kappa shape index (κ3) is 15.7. The molecule has 0 aromatic rings. The van der Waals surface area contributed by atoms with Crippen molar-refractivity contribution in [3.05, 3.63) is 0 Å². The van der Waals surface area contributed by atoms with E-state index in [0.717, 1.165) is 0 Å². The largest absolute Gasteiger partial charge is 0.406 e. The van der Waals surface area contributed by atoms with Crippen LogP contribution in [0.1, 0.15) is 54.4 Å². The molecule has 0 aliphatic rings. The van der Waals surface area contributed by atoms with Crippen molar-refractivity contribution >= 4 is 18.1 Å². The third-order valence-electron chi connectivity index (χ3n) is 4.15. The van der Waals surface area contributed by atoms with Gasteiger partial charge in [-0.2, -0.15) is 0 Å². The van der Waals surface area contributed by atoms with Gasteiger partial charge in [-0.3, -0.25) is 0 Å². The van der Waals surface area contributed by atoms with E-state index in [9.17, 15) is 10.2 Å². The second-order valence-electron chi connectivity index (χ2n) is 10.8. The molecule has 0 aromatic heterocycles. The fourth-order valence-electron chi connectivity index (χ4n) is 2.45. The minimum atomic E-state index is -1.19. The average Bonchev–Trinajstić information content (AvgIpc) is 2.57. The Morgan fingerprint density at radius 2 is 1.00 bits per heavy atom. The standard InChI is InChI=1S/C24H46O5Si2/c1-23(2,3)21(28-30(7)8)15-11-13-19(25)17-27-18-20(26)14-12-16-22(24(4,5)6)29-31(9)10/h19-22,25-26,30-31H,13-14,17-18H2,1-10H3. The Bertz CT molecular complexity index is 560. The summed E-state index contributed by atoms with van der Waals surface area (Å²) in [6.07, 6.45) is -1.03. The van der Waals surface area contributed by atoms with Crippen LogP contribution in [0.3, 0.4) is 0 Å². The predicted octanol–water partition coefficient (Wildman–Crippen LogP) is 3.34. The van der Waals surface area contributed by atoms with Crippen LogP contribution < -0.4 is 0 Å². The van der Waals surface area contributed by atoms with E-state index in [1.54, 1.807) is 0 Å². The number of hydrogen-bond acceptors (Lipinski definition) is 5. The molecule has 0 fully saturated rings. The smallest absolute Gasteiger partial charge is 0.172 e. The van der Waals surface area contributed by atoms with Crippen LogP contribution in [-0.4, -0.2) is 65.9 Å². The molecule has 7 heteroatoms. The Morgan fingerprint density at radius 3 is 1.26 bits per heavy atom. The zero-order valence-electron chi connectivity index (χ0n) is 21.4. The molecule has 0 saturated heterocycles. The highest BCUT2D eigenvalue weighted by atomic mass is 28.3. The second kappa shape index (κ2) is 14.5. The first-order valence-electron chi connectivity index (χ1n) is 11.3. The number of hydrogen-bond donors (Lipinski definition) is 2. The van der Waals surface area contributed by atoms with E-state index in [2.05, 4.69) is 91.4 Å². The van der Waals surface area contributed by atoms with Gasteiger partial charge in [-0.15, -0.1) is 0 Å². The van der Waals surface area contributed by atoms with Gasteiger partial charge in [-0.05, 0) is 37.0 Å². The number of aliphatic hydroxyl groups excluding tert-OH is 2. The first-order chi connectivity index (χ1) is 14.1. The quantitative estimate of drug-likeness (QED) is 0.379. The van der Waals surface area contributed by atoms with Gasteiger partial charge in [0.1, 0.15) is 12.2 Å². The van der Waals surface area contributed by atoms with Gasteiger partial charge in [0.25, 0.3) is 0 Å². The van der Waals surface area contributed by atoms with Gasteiger partial charge in [0.15, 0.2) is 18.1 Å². The highest BCUT2D eigenvalue weighted by Crippen LogP contribution is 2.23. The molecule has 0 radical (unpaired) electrons. The summed E-state index contributed by atoms with van der Waals surface area (Å²) in [5, 5.41) is 20.2. The van der Waals surface area contributed by atoms with Gasteiger partial charge >= 0.3 is 0 Å². The summed E-state index contributed by atoms with van der Waals surface area (Å²) in [5.41, 5.74) is -0.128. The van der Waals surface area contributed by atoms with E-state index >= 15 is 0 Å². The Morgan fingerprint density at radius 1 is 0.677 bits per heavy atom. The molecule has 180 valence electrons. The summed E-state index contributed by atoms with van der Waals surface area (Å²) < 4.78 is 17.5. The molecule has 0 rings (SSSR count). The van der Waals surface area contributed by atoms with Crippen molar-refractivity contribution in [1.82, 2.24) is 0 Å². The summed E-state index contributed by atoms with van der Waals surface area (Å²) in [6, 6.07) is 0. The minimum Gasteiger partial charge on any atom is -0.406 e. The summed E-state index contributed by atoms with van der Waals surface area (Å²) in [7, 11) is -2.39. The van der Waals surface area contributed by atoms with Gasteiger partial charge in [0.2, 0.25) is 0 Å². The molecule has 0 aromatic carbocycles. The number of rotatable bonds is 10. The van der Waals surface area contributed by atoms with Crippen molar-refractivity contribution in [2.75, 3.05) is 13.2 Å². The molecular weight excluding hydrogens is 424 g/mol. The summed E-state index contributed by atoms with van der Waals surface area (Å²) >= 11 is 0. The molecule has 0 spiro atoms. The zero-order chi connectivity index (χ0) is 24.2. The lowest BCUT2D eigenvalue weighted by Gasteiger charge is -2.28. The maximum Gasteiger partial charge on any atom is 0.172 e. The van der Waals surface area contributed by atoms with Crippen LogP contribution in [0.5, 0.6) is 0 Å². The van der Waals surface area contributed by atoms with Gasteiger partial charge in [0.05, 0.1) is 25.4 Å². The number of ether oxygens (including phenoxy) is 1. The molecule has 0 aliphatic carbocycles. The van der Waals surface area contributed by atoms with Crippen LogP contribution in [0.4, 0.5) is 0 Å². The van der Waals surface area contributed by atoms with Gasteiger partial charge in [0, 0.05) is 12.8 Å². The maximum atomic E-state index is 10.1. The fraction of sp³-hybridized carbons (Fsp3) is 0.833. The molecule has 0 heterocycles. The number of aliphatic hydroxyl groups is 2. The zero-order valence-corrected chi connectivity index (χ0v) is 23.7. The maximum absolute atomic E-state index is 10.1. The van der Waals surface area contributed by atoms with Crippen LogP contribution >= 0.6 is 0 Å². The lowest BCUT2D eigenvalue weighted by atomic mass is 9.89. The van der Waals surface area contributed by atoms with Crippen molar-refractivity contribution < 1.29 is 23.8 Å². The molecule has 0 saturated carbocycles. The average molecular weight is 471 g/mol. The lowest BCUT2D eigenvalue weighted by molar-refractivity contribution is -0.00411. The van der Waals surface area contributed by atoms with E-state index < -0.39 is 30.3 Å². The first kappa shape index (κ1) is 30.4. The van der Waals surface area contributed by atoms with Crippen LogP contribution in [0.2, 0.25) is 26.2 Å². The second-order valence-corrected chi connectivity index (χ2v) is 15.5. The van der Waals surface area contributed by atoms with Crippen molar-refractivity contribution in [3.8, 4) is 23.7 Å². The Balaban J connectivity index is 4.44. The normalized spacial score (nSPS) is 16.2. The first-order valence-corrected chi connectivity index (χ1v) is 16.9. The molecule has 4 unspecified atom stereocenters. The SMILES string of the molecule is C[SiH](C)OC(C#CCC(O)COCC(O)CC#CC(O[SiH](C)C)C(C)(C)C)C(C)(C)C. The van der Waals surface area contributed by atoms with Gasteiger partial charge < -0.3 is 23.8 Å². The monoisotopic (exact) mass is 470 g/mol. The van der Waals surface area contributed by atoms with Crippen LogP contribution in [0.25, 0.3) is 0 Å². The third-order valence-corrected chi connectivity index (χ3v) is 5.78. The lowest BCUT2D eigenvalue weighted by Crippen LogP contribution is -2.32. The van der Waals surface area contributed by atoms with Crippen molar-refractivity contribution in [1.29, 1.82) is 0 Å². The minimum absolute atomic E-state index is 0.0642. The van der Waals surface area contributed by atoms with Crippen molar-refractivity contribution in [2.45, 2.75) is 105 Å². The van der Waals surface area contributed by atoms with Crippen LogP contribution in [0.15, 0.2) is 0 Å². The van der Waals surface area contributed by atoms with Crippen LogP contribution in [-0.2, 0) is 13.6 Å². The highest BCUT2D eigenvalue weighted by Gasteiger charge is 2.25. The van der Waals surface area contributed by atoms with Crippen LogP contribution in [0, 0.1) is 34.5 Å². The van der Waals surface area contributed by atoms with E-state index in [1.165, 1.54) is 0 Å². The predicted molar refractivity (Wildman–Crippen MR) is 134 cm³/mol. The van der Waals surface area contributed by atoms with Gasteiger partial charge in [-0.1, -0.05) is 65.2 Å². The van der Waals surface area contributed by atoms with E-state index in [0.29, 0.717) is 12.8 Å². The Hall–Kier alpha value is -0.646. The van der Waals surface area contributed by atoms with E-state index in [-0.39, 0.29) is 36.3 Å². The molecular formula is C24H46O5Si2.